The van der Waals surface area contributed by atoms with Gasteiger partial charge in [0, 0.05) is 0 Å². The Morgan fingerprint density at radius 3 is 2.08 bits per heavy atom. The van der Waals surface area contributed by atoms with Crippen molar-refractivity contribution in [2.45, 2.75) is 33.4 Å². The second kappa shape index (κ2) is 5.47. The van der Waals surface area contributed by atoms with Crippen LogP contribution in [0.5, 0.6) is 0 Å². The number of alkyl halides is 3. The van der Waals surface area contributed by atoms with Crippen molar-refractivity contribution in [3.8, 4) is 0 Å². The molecule has 0 aliphatic carbocycles. The summed E-state index contributed by atoms with van der Waals surface area (Å²) in [5.74, 6) is 0.852. The Bertz CT molecular complexity index is 131. The summed E-state index contributed by atoms with van der Waals surface area (Å²) in [6.45, 7) is 5.66. The van der Waals surface area contributed by atoms with E-state index < -0.39 is 12.7 Å². The standard InChI is InChI=1S/C9H18F3N/c1-7(2)4-8(3)5-13-6-9(10,11)12/h7-8,13H,4-6H2,1-3H3. The molecule has 0 radical (unpaired) electrons. The molecule has 1 atom stereocenters. The van der Waals surface area contributed by atoms with Gasteiger partial charge in [-0.25, -0.2) is 0 Å². The van der Waals surface area contributed by atoms with Crippen molar-refractivity contribution in [1.82, 2.24) is 5.32 Å². The van der Waals surface area contributed by atoms with Crippen LogP contribution in [0.25, 0.3) is 0 Å². The fourth-order valence-corrected chi connectivity index (χ4v) is 1.35. The molecule has 0 fully saturated rings. The molecule has 1 N–H and O–H groups in total. The minimum atomic E-state index is -4.09. The molecule has 0 saturated heterocycles. The molecule has 0 aromatic carbocycles. The molecule has 0 bridgehead atoms. The Balaban J connectivity index is 3.42. The van der Waals surface area contributed by atoms with E-state index in [9.17, 15) is 13.2 Å². The summed E-state index contributed by atoms with van der Waals surface area (Å²) < 4.78 is 35.1. The Labute approximate surface area is 77.7 Å². The maximum absolute atomic E-state index is 11.7. The average molecular weight is 197 g/mol. The second-order valence-electron chi connectivity index (χ2n) is 3.98. The first-order chi connectivity index (χ1) is 5.81. The molecule has 4 heteroatoms. The first-order valence-corrected chi connectivity index (χ1v) is 4.58. The van der Waals surface area contributed by atoms with E-state index in [1.165, 1.54) is 0 Å². The van der Waals surface area contributed by atoms with Crippen LogP contribution >= 0.6 is 0 Å². The van der Waals surface area contributed by atoms with Gasteiger partial charge in [0.25, 0.3) is 0 Å². The molecular weight excluding hydrogens is 179 g/mol. The van der Waals surface area contributed by atoms with E-state index in [1.54, 1.807) is 0 Å². The van der Waals surface area contributed by atoms with Gasteiger partial charge in [0.1, 0.15) is 0 Å². The summed E-state index contributed by atoms with van der Waals surface area (Å²) in [5.41, 5.74) is 0. The predicted molar refractivity (Wildman–Crippen MR) is 47.5 cm³/mol. The third-order valence-corrected chi connectivity index (χ3v) is 1.69. The first kappa shape index (κ1) is 12.8. The van der Waals surface area contributed by atoms with Gasteiger partial charge in [-0.05, 0) is 24.8 Å². The van der Waals surface area contributed by atoms with Crippen molar-refractivity contribution in [2.75, 3.05) is 13.1 Å². The van der Waals surface area contributed by atoms with Gasteiger partial charge in [-0.2, -0.15) is 13.2 Å². The first-order valence-electron chi connectivity index (χ1n) is 4.58. The topological polar surface area (TPSA) is 12.0 Å². The van der Waals surface area contributed by atoms with Crippen LogP contribution in [-0.4, -0.2) is 19.3 Å². The minimum Gasteiger partial charge on any atom is -0.308 e. The highest BCUT2D eigenvalue weighted by atomic mass is 19.4. The van der Waals surface area contributed by atoms with E-state index in [1.807, 2.05) is 6.92 Å². The highest BCUT2D eigenvalue weighted by molar-refractivity contribution is 4.62. The van der Waals surface area contributed by atoms with Gasteiger partial charge in [0.15, 0.2) is 0 Å². The molecule has 0 aliphatic heterocycles. The number of rotatable bonds is 5. The zero-order valence-corrected chi connectivity index (χ0v) is 8.41. The van der Waals surface area contributed by atoms with Crippen LogP contribution in [-0.2, 0) is 0 Å². The van der Waals surface area contributed by atoms with Crippen LogP contribution in [0.4, 0.5) is 13.2 Å². The summed E-state index contributed by atoms with van der Waals surface area (Å²) in [7, 11) is 0. The van der Waals surface area contributed by atoms with Crippen LogP contribution in [0.15, 0.2) is 0 Å². The molecule has 0 aliphatic rings. The lowest BCUT2D eigenvalue weighted by molar-refractivity contribution is -0.125. The summed E-state index contributed by atoms with van der Waals surface area (Å²) in [5, 5.41) is 2.41. The van der Waals surface area contributed by atoms with E-state index in [0.29, 0.717) is 18.4 Å². The van der Waals surface area contributed by atoms with E-state index in [0.717, 1.165) is 6.42 Å². The third kappa shape index (κ3) is 9.67. The molecule has 0 aromatic rings. The van der Waals surface area contributed by atoms with Crippen molar-refractivity contribution in [3.05, 3.63) is 0 Å². The lowest BCUT2D eigenvalue weighted by atomic mass is 9.99. The maximum atomic E-state index is 11.7. The van der Waals surface area contributed by atoms with Crippen LogP contribution in [0.2, 0.25) is 0 Å². The van der Waals surface area contributed by atoms with Crippen molar-refractivity contribution in [1.29, 1.82) is 0 Å². The van der Waals surface area contributed by atoms with E-state index in [2.05, 4.69) is 19.2 Å². The Kier molecular flexibility index (Phi) is 5.37. The fraction of sp³-hybridized carbons (Fsp3) is 1.00. The number of hydrogen-bond acceptors (Lipinski definition) is 1. The molecule has 1 unspecified atom stereocenters. The normalized spacial score (nSPS) is 15.0. The lowest BCUT2D eigenvalue weighted by Gasteiger charge is -2.15. The summed E-state index contributed by atoms with van der Waals surface area (Å²) >= 11 is 0. The van der Waals surface area contributed by atoms with Crippen LogP contribution in [0.1, 0.15) is 27.2 Å². The van der Waals surface area contributed by atoms with Crippen LogP contribution < -0.4 is 5.32 Å². The number of hydrogen-bond donors (Lipinski definition) is 1. The third-order valence-electron chi connectivity index (χ3n) is 1.69. The minimum absolute atomic E-state index is 0.308. The van der Waals surface area contributed by atoms with Gasteiger partial charge in [0.05, 0.1) is 6.54 Å². The monoisotopic (exact) mass is 197 g/mol. The second-order valence-corrected chi connectivity index (χ2v) is 3.98. The summed E-state index contributed by atoms with van der Waals surface area (Å²) in [6, 6.07) is 0. The molecule has 80 valence electrons. The summed E-state index contributed by atoms with van der Waals surface area (Å²) in [6.07, 6.45) is -3.12. The number of nitrogens with one attached hydrogen (secondary N) is 1. The fourth-order valence-electron chi connectivity index (χ4n) is 1.35. The van der Waals surface area contributed by atoms with Crippen molar-refractivity contribution < 1.29 is 13.2 Å². The maximum Gasteiger partial charge on any atom is 0.401 e. The van der Waals surface area contributed by atoms with Gasteiger partial charge in [-0.1, -0.05) is 20.8 Å². The zero-order chi connectivity index (χ0) is 10.5. The molecule has 13 heavy (non-hydrogen) atoms. The lowest BCUT2D eigenvalue weighted by Crippen LogP contribution is -2.32. The van der Waals surface area contributed by atoms with E-state index in [-0.39, 0.29) is 0 Å². The zero-order valence-electron chi connectivity index (χ0n) is 8.41. The van der Waals surface area contributed by atoms with Crippen molar-refractivity contribution in [3.63, 3.8) is 0 Å². The highest BCUT2D eigenvalue weighted by Crippen LogP contribution is 2.13. The van der Waals surface area contributed by atoms with Crippen LogP contribution in [0.3, 0.4) is 0 Å². The Morgan fingerprint density at radius 2 is 1.69 bits per heavy atom. The largest absolute Gasteiger partial charge is 0.401 e. The molecule has 0 aromatic heterocycles. The molecule has 1 nitrogen and oxygen atoms in total. The van der Waals surface area contributed by atoms with Crippen LogP contribution in [0, 0.1) is 11.8 Å². The molecule has 0 heterocycles. The van der Waals surface area contributed by atoms with E-state index >= 15 is 0 Å². The van der Waals surface area contributed by atoms with Crippen molar-refractivity contribution in [2.24, 2.45) is 11.8 Å². The van der Waals surface area contributed by atoms with Gasteiger partial charge in [-0.3, -0.25) is 0 Å². The molecule has 0 spiro atoms. The van der Waals surface area contributed by atoms with Gasteiger partial charge >= 0.3 is 6.18 Å². The van der Waals surface area contributed by atoms with Crippen molar-refractivity contribution >= 4 is 0 Å². The summed E-state index contributed by atoms with van der Waals surface area (Å²) in [4.78, 5) is 0. The Hall–Kier alpha value is -0.250. The smallest absolute Gasteiger partial charge is 0.308 e. The molecule has 0 saturated carbocycles. The van der Waals surface area contributed by atoms with Gasteiger partial charge in [-0.15, -0.1) is 0 Å². The predicted octanol–water partition coefficient (Wildman–Crippen LogP) is 2.82. The molecule has 0 rings (SSSR count). The van der Waals surface area contributed by atoms with Gasteiger partial charge in [0.2, 0.25) is 0 Å². The Morgan fingerprint density at radius 1 is 1.15 bits per heavy atom. The highest BCUT2D eigenvalue weighted by Gasteiger charge is 2.26. The molecule has 0 amide bonds. The van der Waals surface area contributed by atoms with Gasteiger partial charge < -0.3 is 5.32 Å². The van der Waals surface area contributed by atoms with E-state index in [4.69, 9.17) is 0 Å². The average Bonchev–Trinajstić information content (AvgIpc) is 1.81. The molecular formula is C9H18F3N. The number of halogens is 3. The SMILES string of the molecule is CC(C)CC(C)CNCC(F)(F)F. The quantitative estimate of drug-likeness (QED) is 0.714.